The number of hydrogen-bond acceptors (Lipinski definition) is 5. The van der Waals surface area contributed by atoms with Gasteiger partial charge in [0.1, 0.15) is 5.82 Å². The van der Waals surface area contributed by atoms with Crippen molar-refractivity contribution in [2.24, 2.45) is 0 Å². The van der Waals surface area contributed by atoms with Gasteiger partial charge in [-0.2, -0.15) is 9.97 Å². The van der Waals surface area contributed by atoms with Crippen molar-refractivity contribution in [1.29, 1.82) is 0 Å². The Kier molecular flexibility index (Phi) is 3.31. The van der Waals surface area contributed by atoms with Crippen LogP contribution >= 0.6 is 11.6 Å². The molecular formula is C14H12ClN5O. The molecule has 0 amide bonds. The molecule has 0 bridgehead atoms. The van der Waals surface area contributed by atoms with E-state index in [0.717, 1.165) is 5.69 Å². The number of halogens is 1. The maximum absolute atomic E-state index is 11.9. The number of aryl methyl sites for hydroxylation is 2. The van der Waals surface area contributed by atoms with Gasteiger partial charge in [-0.05, 0) is 32.0 Å². The third kappa shape index (κ3) is 2.71. The average Bonchev–Trinajstić information content (AvgIpc) is 2.37. The van der Waals surface area contributed by atoms with Gasteiger partial charge >= 0.3 is 0 Å². The van der Waals surface area contributed by atoms with Crippen LogP contribution in [-0.2, 0) is 0 Å². The first-order valence-corrected chi connectivity index (χ1v) is 6.68. The average molecular weight is 302 g/mol. The fourth-order valence-corrected chi connectivity index (χ4v) is 2.23. The Balaban J connectivity index is 2.10. The highest BCUT2D eigenvalue weighted by Gasteiger charge is 2.08. The van der Waals surface area contributed by atoms with Crippen molar-refractivity contribution in [1.82, 2.24) is 19.4 Å². The number of hydrogen-bond donors (Lipinski definition) is 1. The third-order valence-corrected chi connectivity index (χ3v) is 3.14. The molecule has 0 unspecified atom stereocenters. The lowest BCUT2D eigenvalue weighted by atomic mass is 10.3. The van der Waals surface area contributed by atoms with Crippen LogP contribution in [0.1, 0.15) is 11.5 Å². The van der Waals surface area contributed by atoms with E-state index < -0.39 is 0 Å². The highest BCUT2D eigenvalue weighted by atomic mass is 35.5. The van der Waals surface area contributed by atoms with Gasteiger partial charge in [-0.1, -0.05) is 17.7 Å². The number of fused-ring (bicyclic) bond motifs is 1. The van der Waals surface area contributed by atoms with E-state index in [1.807, 2.05) is 12.1 Å². The van der Waals surface area contributed by atoms with Crippen molar-refractivity contribution in [2.45, 2.75) is 13.8 Å². The summed E-state index contributed by atoms with van der Waals surface area (Å²) in [5, 5.41) is 3.67. The number of nitrogens with zero attached hydrogens (tertiary/aromatic N) is 4. The van der Waals surface area contributed by atoms with Gasteiger partial charge in [0.25, 0.3) is 5.56 Å². The summed E-state index contributed by atoms with van der Waals surface area (Å²) in [4.78, 5) is 24.7. The molecule has 3 rings (SSSR count). The summed E-state index contributed by atoms with van der Waals surface area (Å²) < 4.78 is 1.37. The molecule has 0 fully saturated rings. The van der Waals surface area contributed by atoms with E-state index in [1.54, 1.807) is 26.0 Å². The van der Waals surface area contributed by atoms with Gasteiger partial charge in [0, 0.05) is 22.5 Å². The van der Waals surface area contributed by atoms with E-state index in [-0.39, 0.29) is 5.56 Å². The molecule has 6 nitrogen and oxygen atoms in total. The number of benzene rings is 1. The maximum atomic E-state index is 11.9. The van der Waals surface area contributed by atoms with E-state index in [0.29, 0.717) is 28.3 Å². The summed E-state index contributed by atoms with van der Waals surface area (Å²) >= 11 is 5.94. The molecule has 106 valence electrons. The lowest BCUT2D eigenvalue weighted by molar-refractivity contribution is 0.875. The molecular weight excluding hydrogens is 290 g/mol. The molecule has 0 saturated heterocycles. The normalized spacial score (nSPS) is 10.8. The Morgan fingerprint density at radius 1 is 1.14 bits per heavy atom. The molecule has 0 aliphatic heterocycles. The van der Waals surface area contributed by atoms with Gasteiger partial charge in [0.05, 0.1) is 0 Å². The zero-order valence-corrected chi connectivity index (χ0v) is 12.2. The third-order valence-electron chi connectivity index (χ3n) is 2.91. The van der Waals surface area contributed by atoms with Crippen molar-refractivity contribution < 1.29 is 0 Å². The lowest BCUT2D eigenvalue weighted by Crippen LogP contribution is -2.20. The molecule has 21 heavy (non-hydrogen) atoms. The summed E-state index contributed by atoms with van der Waals surface area (Å²) in [6.07, 6.45) is 0. The molecule has 0 radical (unpaired) electrons. The van der Waals surface area contributed by atoms with Crippen LogP contribution in [0.5, 0.6) is 0 Å². The Morgan fingerprint density at radius 2 is 1.95 bits per heavy atom. The van der Waals surface area contributed by atoms with Crippen LogP contribution in [0.4, 0.5) is 11.6 Å². The predicted octanol–water partition coefficient (Wildman–Crippen LogP) is 2.50. The largest absolute Gasteiger partial charge is 0.324 e. The predicted molar refractivity (Wildman–Crippen MR) is 81.3 cm³/mol. The van der Waals surface area contributed by atoms with Crippen LogP contribution in [0.15, 0.2) is 35.1 Å². The van der Waals surface area contributed by atoms with Crippen LogP contribution in [0, 0.1) is 13.8 Å². The van der Waals surface area contributed by atoms with Crippen LogP contribution in [0.3, 0.4) is 0 Å². The molecule has 7 heteroatoms. The van der Waals surface area contributed by atoms with Crippen molar-refractivity contribution in [3.8, 4) is 0 Å². The minimum absolute atomic E-state index is 0.190. The van der Waals surface area contributed by atoms with E-state index in [1.165, 1.54) is 10.5 Å². The van der Waals surface area contributed by atoms with Gasteiger partial charge in [0.2, 0.25) is 11.7 Å². The number of aromatic nitrogens is 4. The second-order valence-corrected chi connectivity index (χ2v) is 5.04. The van der Waals surface area contributed by atoms with E-state index in [2.05, 4.69) is 20.3 Å². The molecule has 0 atom stereocenters. The summed E-state index contributed by atoms with van der Waals surface area (Å²) in [6.45, 7) is 3.49. The first-order chi connectivity index (χ1) is 10.0. The second kappa shape index (κ2) is 5.14. The molecule has 0 spiro atoms. The van der Waals surface area contributed by atoms with Crippen molar-refractivity contribution in [2.75, 3.05) is 5.32 Å². The molecule has 0 aliphatic rings. The molecule has 2 aromatic heterocycles. The Morgan fingerprint density at radius 3 is 2.71 bits per heavy atom. The quantitative estimate of drug-likeness (QED) is 0.787. The molecule has 1 N–H and O–H groups in total. The minimum Gasteiger partial charge on any atom is -0.324 e. The maximum Gasteiger partial charge on any atom is 0.260 e. The number of anilines is 2. The second-order valence-electron chi connectivity index (χ2n) is 4.60. The Labute approximate surface area is 125 Å². The fourth-order valence-electron chi connectivity index (χ4n) is 2.04. The van der Waals surface area contributed by atoms with Gasteiger partial charge in [0.15, 0.2) is 0 Å². The monoisotopic (exact) mass is 301 g/mol. The summed E-state index contributed by atoms with van der Waals surface area (Å²) in [5.41, 5.74) is 1.19. The van der Waals surface area contributed by atoms with Crippen LogP contribution in [0.2, 0.25) is 5.02 Å². The van der Waals surface area contributed by atoms with Gasteiger partial charge in [-0.25, -0.2) is 9.38 Å². The smallest absolute Gasteiger partial charge is 0.260 e. The first kappa shape index (κ1) is 13.5. The summed E-state index contributed by atoms with van der Waals surface area (Å²) in [7, 11) is 0. The topological polar surface area (TPSA) is 72.2 Å². The lowest BCUT2D eigenvalue weighted by Gasteiger charge is -2.08. The summed E-state index contributed by atoms with van der Waals surface area (Å²) in [5.74, 6) is 1.20. The van der Waals surface area contributed by atoms with Crippen LogP contribution in [-0.4, -0.2) is 19.4 Å². The van der Waals surface area contributed by atoms with E-state index in [4.69, 9.17) is 11.6 Å². The van der Waals surface area contributed by atoms with Crippen LogP contribution in [0.25, 0.3) is 5.78 Å². The number of rotatable bonds is 2. The van der Waals surface area contributed by atoms with Crippen molar-refractivity contribution in [3.63, 3.8) is 0 Å². The highest BCUT2D eigenvalue weighted by molar-refractivity contribution is 6.30. The fraction of sp³-hybridized carbons (Fsp3) is 0.143. The standard InChI is InChI=1S/C14H12ClN5O/c1-8-6-12(21)20-9(2)17-13(19-14(20)16-8)18-11-5-3-4-10(15)7-11/h3-7H,1-2H3,(H,16,18,19). The Bertz CT molecular complexity index is 890. The molecule has 2 heterocycles. The Hall–Kier alpha value is -2.47. The number of nitrogens with one attached hydrogen (secondary N) is 1. The first-order valence-electron chi connectivity index (χ1n) is 6.30. The van der Waals surface area contributed by atoms with E-state index >= 15 is 0 Å². The highest BCUT2D eigenvalue weighted by Crippen LogP contribution is 2.18. The van der Waals surface area contributed by atoms with Crippen LogP contribution < -0.4 is 10.9 Å². The van der Waals surface area contributed by atoms with Gasteiger partial charge < -0.3 is 5.32 Å². The zero-order chi connectivity index (χ0) is 15.0. The van der Waals surface area contributed by atoms with E-state index in [9.17, 15) is 4.79 Å². The van der Waals surface area contributed by atoms with Gasteiger partial charge in [-0.15, -0.1) is 0 Å². The molecule has 0 aliphatic carbocycles. The van der Waals surface area contributed by atoms with Crippen molar-refractivity contribution in [3.05, 3.63) is 57.2 Å². The zero-order valence-electron chi connectivity index (χ0n) is 11.5. The molecule has 0 saturated carbocycles. The minimum atomic E-state index is -0.190. The van der Waals surface area contributed by atoms with Crippen molar-refractivity contribution >= 4 is 29.0 Å². The SMILES string of the molecule is Cc1cc(=O)n2c(C)nc(Nc3cccc(Cl)c3)nc2n1. The van der Waals surface area contributed by atoms with Gasteiger partial charge in [-0.3, -0.25) is 4.79 Å². The molecule has 3 aromatic rings. The summed E-state index contributed by atoms with van der Waals surface area (Å²) in [6, 6.07) is 8.67. The molecule has 1 aromatic carbocycles.